The van der Waals surface area contributed by atoms with Crippen LogP contribution >= 0.6 is 0 Å². The molecule has 0 bridgehead atoms. The molecule has 2 aromatic carbocycles. The van der Waals surface area contributed by atoms with Gasteiger partial charge in [-0.1, -0.05) is 18.2 Å². The molecule has 1 unspecified atom stereocenters. The molecule has 22 heavy (non-hydrogen) atoms. The number of nitrogens with two attached hydrogens (primary N) is 1. The lowest BCUT2D eigenvalue weighted by Crippen LogP contribution is -2.28. The van der Waals surface area contributed by atoms with Crippen molar-refractivity contribution in [3.63, 3.8) is 0 Å². The summed E-state index contributed by atoms with van der Waals surface area (Å²) in [6.45, 7) is 2.61. The number of carbonyl (C=O) groups is 1. The molecule has 110 valence electrons. The minimum absolute atomic E-state index is 0.0117. The first-order chi connectivity index (χ1) is 10.6. The number of rotatable bonds is 2. The monoisotopic (exact) mass is 291 g/mol. The second-order valence-electron chi connectivity index (χ2n) is 5.58. The molecular formula is C18H17N3O. The number of amides is 1. The first-order valence-electron chi connectivity index (χ1n) is 7.30. The second-order valence-corrected chi connectivity index (χ2v) is 5.58. The molecule has 0 radical (unpaired) electrons. The van der Waals surface area contributed by atoms with Crippen molar-refractivity contribution in [3.8, 4) is 6.07 Å². The van der Waals surface area contributed by atoms with Gasteiger partial charge >= 0.3 is 0 Å². The molecule has 1 heterocycles. The standard InChI is InChI=1S/C18H17N3O/c1-12(20)14-5-6-17-15(10-14)7-8-21(17)18(22)16-4-2-3-13(9-16)11-19/h2-6,9-10,12H,7-8,20H2,1H3. The Morgan fingerprint density at radius 3 is 2.86 bits per heavy atom. The Hall–Kier alpha value is -2.64. The van der Waals surface area contributed by atoms with E-state index in [4.69, 9.17) is 11.0 Å². The van der Waals surface area contributed by atoms with Crippen LogP contribution in [0.2, 0.25) is 0 Å². The Morgan fingerprint density at radius 1 is 1.32 bits per heavy atom. The van der Waals surface area contributed by atoms with E-state index in [0.29, 0.717) is 17.7 Å². The fraction of sp³-hybridized carbons (Fsp3) is 0.222. The number of hydrogen-bond acceptors (Lipinski definition) is 3. The fourth-order valence-corrected chi connectivity index (χ4v) is 2.79. The summed E-state index contributed by atoms with van der Waals surface area (Å²) in [6.07, 6.45) is 0.833. The van der Waals surface area contributed by atoms with E-state index >= 15 is 0 Å². The van der Waals surface area contributed by atoms with Crippen molar-refractivity contribution in [1.29, 1.82) is 5.26 Å². The van der Waals surface area contributed by atoms with Crippen LogP contribution in [0.4, 0.5) is 5.69 Å². The first-order valence-corrected chi connectivity index (χ1v) is 7.30. The van der Waals surface area contributed by atoms with Gasteiger partial charge < -0.3 is 10.6 Å². The Bertz CT molecular complexity index is 774. The van der Waals surface area contributed by atoms with Crippen LogP contribution in [0.15, 0.2) is 42.5 Å². The molecule has 0 spiro atoms. The highest BCUT2D eigenvalue weighted by Crippen LogP contribution is 2.31. The largest absolute Gasteiger partial charge is 0.324 e. The summed E-state index contributed by atoms with van der Waals surface area (Å²) in [4.78, 5) is 14.5. The van der Waals surface area contributed by atoms with Gasteiger partial charge in [-0.25, -0.2) is 0 Å². The van der Waals surface area contributed by atoms with Crippen molar-refractivity contribution in [2.75, 3.05) is 11.4 Å². The molecule has 1 aliphatic rings. The van der Waals surface area contributed by atoms with Gasteiger partial charge in [0.2, 0.25) is 0 Å². The zero-order valence-corrected chi connectivity index (χ0v) is 12.4. The maximum atomic E-state index is 12.7. The van der Waals surface area contributed by atoms with E-state index < -0.39 is 0 Å². The van der Waals surface area contributed by atoms with Crippen molar-refractivity contribution in [3.05, 3.63) is 64.7 Å². The number of fused-ring (bicyclic) bond motifs is 1. The van der Waals surface area contributed by atoms with Crippen LogP contribution < -0.4 is 10.6 Å². The topological polar surface area (TPSA) is 70.1 Å². The summed E-state index contributed by atoms with van der Waals surface area (Å²) in [6, 6.07) is 14.9. The molecular weight excluding hydrogens is 274 g/mol. The molecule has 2 N–H and O–H groups in total. The molecule has 1 aliphatic heterocycles. The lowest BCUT2D eigenvalue weighted by molar-refractivity contribution is 0.0989. The van der Waals surface area contributed by atoms with Gasteiger partial charge in [0, 0.05) is 23.8 Å². The molecule has 1 amide bonds. The molecule has 0 saturated heterocycles. The summed E-state index contributed by atoms with van der Waals surface area (Å²) < 4.78 is 0. The second kappa shape index (κ2) is 5.63. The first kappa shape index (κ1) is 14.3. The minimum atomic E-state index is -0.0654. The normalized spacial score (nSPS) is 14.3. The van der Waals surface area contributed by atoms with E-state index in [1.54, 1.807) is 29.2 Å². The van der Waals surface area contributed by atoms with Crippen LogP contribution in [0.3, 0.4) is 0 Å². The molecule has 0 aromatic heterocycles. The molecule has 1 atom stereocenters. The number of nitrogens with zero attached hydrogens (tertiary/aromatic N) is 2. The highest BCUT2D eigenvalue weighted by Gasteiger charge is 2.26. The third-order valence-corrected chi connectivity index (χ3v) is 4.01. The maximum Gasteiger partial charge on any atom is 0.258 e. The quantitative estimate of drug-likeness (QED) is 0.925. The van der Waals surface area contributed by atoms with Crippen LogP contribution in [0.25, 0.3) is 0 Å². The summed E-state index contributed by atoms with van der Waals surface area (Å²) in [5, 5.41) is 8.96. The van der Waals surface area contributed by atoms with E-state index in [1.807, 2.05) is 19.1 Å². The summed E-state index contributed by atoms with van der Waals surface area (Å²) >= 11 is 0. The van der Waals surface area contributed by atoms with Gasteiger partial charge in [0.05, 0.1) is 11.6 Å². The van der Waals surface area contributed by atoms with Gasteiger partial charge in [-0.05, 0) is 48.7 Å². The van der Waals surface area contributed by atoms with Crippen LogP contribution in [0.1, 0.15) is 40.0 Å². The molecule has 4 nitrogen and oxygen atoms in total. The number of benzene rings is 2. The van der Waals surface area contributed by atoms with Crippen molar-refractivity contribution >= 4 is 11.6 Å². The minimum Gasteiger partial charge on any atom is -0.324 e. The average molecular weight is 291 g/mol. The maximum absolute atomic E-state index is 12.7. The lowest BCUT2D eigenvalue weighted by Gasteiger charge is -2.18. The molecule has 0 aliphatic carbocycles. The zero-order chi connectivity index (χ0) is 15.7. The predicted molar refractivity (Wildman–Crippen MR) is 85.6 cm³/mol. The highest BCUT2D eigenvalue weighted by atomic mass is 16.2. The van der Waals surface area contributed by atoms with Crippen LogP contribution in [0.5, 0.6) is 0 Å². The van der Waals surface area contributed by atoms with E-state index in [9.17, 15) is 4.79 Å². The lowest BCUT2D eigenvalue weighted by atomic mass is 10.0. The Kier molecular flexibility index (Phi) is 3.66. The van der Waals surface area contributed by atoms with E-state index in [-0.39, 0.29) is 11.9 Å². The summed E-state index contributed by atoms with van der Waals surface area (Å²) in [5.41, 5.74) is 10.1. The highest BCUT2D eigenvalue weighted by molar-refractivity contribution is 6.07. The van der Waals surface area contributed by atoms with Crippen molar-refractivity contribution in [2.45, 2.75) is 19.4 Å². The van der Waals surface area contributed by atoms with E-state index in [1.165, 1.54) is 0 Å². The van der Waals surface area contributed by atoms with Crippen molar-refractivity contribution in [2.24, 2.45) is 5.73 Å². The van der Waals surface area contributed by atoms with E-state index in [0.717, 1.165) is 23.2 Å². The smallest absolute Gasteiger partial charge is 0.258 e. The molecule has 0 saturated carbocycles. The predicted octanol–water partition coefficient (Wildman–Crippen LogP) is 2.78. The fourth-order valence-electron chi connectivity index (χ4n) is 2.79. The number of nitriles is 1. The number of hydrogen-bond donors (Lipinski definition) is 1. The van der Waals surface area contributed by atoms with Gasteiger partial charge in [0.15, 0.2) is 0 Å². The van der Waals surface area contributed by atoms with Gasteiger partial charge in [0.1, 0.15) is 0 Å². The van der Waals surface area contributed by atoms with Gasteiger partial charge in [-0.2, -0.15) is 5.26 Å². The van der Waals surface area contributed by atoms with Crippen molar-refractivity contribution in [1.82, 2.24) is 0 Å². The van der Waals surface area contributed by atoms with E-state index in [2.05, 4.69) is 12.1 Å². The van der Waals surface area contributed by atoms with Crippen molar-refractivity contribution < 1.29 is 4.79 Å². The Morgan fingerprint density at radius 2 is 2.14 bits per heavy atom. The molecule has 4 heteroatoms. The molecule has 3 rings (SSSR count). The molecule has 0 fully saturated rings. The third-order valence-electron chi connectivity index (χ3n) is 4.01. The van der Waals surface area contributed by atoms with Gasteiger partial charge in [-0.15, -0.1) is 0 Å². The zero-order valence-electron chi connectivity index (χ0n) is 12.4. The summed E-state index contributed by atoms with van der Waals surface area (Å²) in [5.74, 6) is -0.0654. The SMILES string of the molecule is CC(N)c1ccc2c(c1)CCN2C(=O)c1cccc(C#N)c1. The Labute approximate surface area is 129 Å². The number of carbonyl (C=O) groups excluding carboxylic acids is 1. The van der Waals surface area contributed by atoms with Crippen LogP contribution in [0, 0.1) is 11.3 Å². The van der Waals surface area contributed by atoms with Gasteiger partial charge in [-0.3, -0.25) is 4.79 Å². The molecule has 2 aromatic rings. The summed E-state index contributed by atoms with van der Waals surface area (Å²) in [7, 11) is 0. The van der Waals surface area contributed by atoms with Crippen LogP contribution in [-0.2, 0) is 6.42 Å². The van der Waals surface area contributed by atoms with Crippen LogP contribution in [-0.4, -0.2) is 12.5 Å². The third kappa shape index (κ3) is 2.47. The average Bonchev–Trinajstić information content (AvgIpc) is 2.97. The number of anilines is 1. The van der Waals surface area contributed by atoms with Gasteiger partial charge in [0.25, 0.3) is 5.91 Å². The Balaban J connectivity index is 1.92.